The number of benzene rings is 2. The van der Waals surface area contributed by atoms with Crippen LogP contribution >= 0.6 is 0 Å². The average molecular weight is 420 g/mol. The summed E-state index contributed by atoms with van der Waals surface area (Å²) in [5.41, 5.74) is 3.26. The van der Waals surface area contributed by atoms with Gasteiger partial charge in [0.05, 0.1) is 17.0 Å². The number of nitrogens with zero attached hydrogens (tertiary/aromatic N) is 2. The predicted molar refractivity (Wildman–Crippen MR) is 114 cm³/mol. The van der Waals surface area contributed by atoms with Gasteiger partial charge in [-0.1, -0.05) is 30.3 Å². The molecule has 0 saturated carbocycles. The van der Waals surface area contributed by atoms with Crippen LogP contribution in [0.5, 0.6) is 0 Å². The van der Waals surface area contributed by atoms with Gasteiger partial charge in [0, 0.05) is 41.6 Å². The predicted octanol–water partition coefficient (Wildman–Crippen LogP) is 3.41. The second kappa shape index (κ2) is 7.36. The molecule has 0 bridgehead atoms. The van der Waals surface area contributed by atoms with Crippen LogP contribution in [-0.2, 0) is 23.0 Å². The number of hydrogen-bond acceptors (Lipinski definition) is 4. The number of aliphatic hydroxyl groups is 1. The first-order valence-electron chi connectivity index (χ1n) is 9.78. The minimum absolute atomic E-state index is 0.169. The number of rotatable bonds is 4. The Kier molecular flexibility index (Phi) is 4.66. The zero-order valence-corrected chi connectivity index (χ0v) is 17.0. The van der Waals surface area contributed by atoms with E-state index in [2.05, 4.69) is 9.97 Å². The fraction of sp³-hybridized carbons (Fsp3) is 0.174. The summed E-state index contributed by atoms with van der Waals surface area (Å²) in [6.07, 6.45) is 4.62. The number of aliphatic hydroxyl groups excluding tert-OH is 1. The van der Waals surface area contributed by atoms with Gasteiger partial charge < -0.3 is 10.1 Å². The molecule has 0 amide bonds. The van der Waals surface area contributed by atoms with Gasteiger partial charge in [0.2, 0.25) is 10.0 Å². The Morgan fingerprint density at radius 1 is 1.00 bits per heavy atom. The number of fused-ring (bicyclic) bond motifs is 2. The molecule has 0 radical (unpaired) electrons. The van der Waals surface area contributed by atoms with Crippen molar-refractivity contribution in [2.75, 3.05) is 0 Å². The highest BCUT2D eigenvalue weighted by molar-refractivity contribution is 7.89. The van der Waals surface area contributed by atoms with E-state index in [1.807, 2.05) is 30.5 Å². The fourth-order valence-electron chi connectivity index (χ4n) is 4.27. The summed E-state index contributed by atoms with van der Waals surface area (Å²) >= 11 is 0. The van der Waals surface area contributed by atoms with Crippen LogP contribution in [0.2, 0.25) is 0 Å². The normalized spacial score (nSPS) is 20.8. The van der Waals surface area contributed by atoms with Crippen LogP contribution < -0.4 is 0 Å². The Labute approximate surface area is 174 Å². The Balaban J connectivity index is 1.63. The molecule has 30 heavy (non-hydrogen) atoms. The lowest BCUT2D eigenvalue weighted by Gasteiger charge is -2.39. The highest BCUT2D eigenvalue weighted by Gasteiger charge is 2.43. The van der Waals surface area contributed by atoms with Crippen LogP contribution in [0.1, 0.15) is 22.8 Å². The van der Waals surface area contributed by atoms with E-state index in [4.69, 9.17) is 0 Å². The molecule has 5 rings (SSSR count). The number of pyridine rings is 1. The van der Waals surface area contributed by atoms with Crippen molar-refractivity contribution in [2.45, 2.75) is 30.0 Å². The van der Waals surface area contributed by atoms with Gasteiger partial charge in [-0.15, -0.1) is 0 Å². The summed E-state index contributed by atoms with van der Waals surface area (Å²) in [5, 5.41) is 12.3. The molecule has 152 valence electrons. The Hall–Kier alpha value is -3.00. The first-order valence-corrected chi connectivity index (χ1v) is 11.2. The van der Waals surface area contributed by atoms with Crippen molar-refractivity contribution in [3.05, 3.63) is 95.9 Å². The second-order valence-corrected chi connectivity index (χ2v) is 9.37. The number of aromatic amines is 1. The van der Waals surface area contributed by atoms with E-state index in [0.29, 0.717) is 12.0 Å². The molecular formula is C23H21N3O3S. The van der Waals surface area contributed by atoms with Gasteiger partial charge in [0.15, 0.2) is 0 Å². The van der Waals surface area contributed by atoms with Gasteiger partial charge >= 0.3 is 0 Å². The zero-order chi connectivity index (χ0) is 20.7. The molecule has 0 fully saturated rings. The molecule has 0 spiro atoms. The largest absolute Gasteiger partial charge is 0.387 e. The monoisotopic (exact) mass is 419 g/mol. The van der Waals surface area contributed by atoms with Gasteiger partial charge in [-0.2, -0.15) is 4.31 Å². The molecule has 7 heteroatoms. The van der Waals surface area contributed by atoms with E-state index in [1.165, 1.54) is 4.31 Å². The van der Waals surface area contributed by atoms with Crippen molar-refractivity contribution in [2.24, 2.45) is 0 Å². The summed E-state index contributed by atoms with van der Waals surface area (Å²) in [4.78, 5) is 7.38. The quantitative estimate of drug-likeness (QED) is 0.531. The molecule has 2 aromatic heterocycles. The maximum atomic E-state index is 13.6. The van der Waals surface area contributed by atoms with Crippen molar-refractivity contribution in [3.8, 4) is 0 Å². The maximum Gasteiger partial charge on any atom is 0.244 e. The Morgan fingerprint density at radius 2 is 1.80 bits per heavy atom. The van der Waals surface area contributed by atoms with E-state index < -0.39 is 22.2 Å². The number of aromatic nitrogens is 2. The fourth-order valence-corrected chi connectivity index (χ4v) is 6.12. The molecular weight excluding hydrogens is 398 g/mol. The molecule has 2 N–H and O–H groups in total. The lowest BCUT2D eigenvalue weighted by atomic mass is 9.94. The molecule has 6 nitrogen and oxygen atoms in total. The number of H-pyrrole nitrogens is 1. The average Bonchev–Trinajstić information content (AvgIpc) is 3.25. The van der Waals surface area contributed by atoms with Crippen molar-refractivity contribution in [1.29, 1.82) is 0 Å². The van der Waals surface area contributed by atoms with E-state index >= 15 is 0 Å². The second-order valence-electron chi connectivity index (χ2n) is 7.52. The molecule has 1 aliphatic heterocycles. The van der Waals surface area contributed by atoms with Crippen molar-refractivity contribution >= 4 is 20.9 Å². The standard InChI is InChI=1S/C23H21N3O3S/c27-23-19-5-1-2-7-22(19)30(28,29)26(15-16-8-11-24-12-9-16)21(23)14-17-4-3-6-20-18(17)10-13-25-20/h1-13,21,23,25,27H,14-15H2/t21-,23+/m0/s1. The molecule has 0 unspecified atom stereocenters. The number of hydrogen-bond donors (Lipinski definition) is 2. The molecule has 3 heterocycles. The van der Waals surface area contributed by atoms with Gasteiger partial charge in [0.1, 0.15) is 0 Å². The minimum atomic E-state index is -3.78. The number of sulfonamides is 1. The Morgan fingerprint density at radius 3 is 2.63 bits per heavy atom. The van der Waals surface area contributed by atoms with Crippen LogP contribution in [0, 0.1) is 0 Å². The van der Waals surface area contributed by atoms with Crippen molar-refractivity contribution in [1.82, 2.24) is 14.3 Å². The highest BCUT2D eigenvalue weighted by atomic mass is 32.2. The first kappa shape index (κ1) is 19.0. The summed E-state index contributed by atoms with van der Waals surface area (Å²) in [6, 6.07) is 17.6. The SMILES string of the molecule is O=S1(=O)c2ccccc2[C@@H](O)[C@H](Cc2cccc3[nH]ccc23)N1Cc1ccncc1. The lowest BCUT2D eigenvalue weighted by Crippen LogP contribution is -2.48. The van der Waals surface area contributed by atoms with Crippen LogP contribution in [0.25, 0.3) is 10.9 Å². The van der Waals surface area contributed by atoms with Gasteiger partial charge in [-0.25, -0.2) is 8.42 Å². The van der Waals surface area contributed by atoms with Crippen LogP contribution in [-0.4, -0.2) is 33.8 Å². The zero-order valence-electron chi connectivity index (χ0n) is 16.1. The van der Waals surface area contributed by atoms with Gasteiger partial charge in [-0.05, 0) is 47.9 Å². The van der Waals surface area contributed by atoms with Gasteiger partial charge in [-0.3, -0.25) is 4.98 Å². The Bertz CT molecular complexity index is 1300. The molecule has 2 aromatic carbocycles. The highest BCUT2D eigenvalue weighted by Crippen LogP contribution is 2.39. The van der Waals surface area contributed by atoms with E-state index in [1.54, 1.807) is 48.8 Å². The third kappa shape index (κ3) is 3.11. The summed E-state index contributed by atoms with van der Waals surface area (Å²) in [7, 11) is -3.78. The minimum Gasteiger partial charge on any atom is -0.387 e. The molecule has 2 atom stereocenters. The molecule has 0 saturated heterocycles. The topological polar surface area (TPSA) is 86.3 Å². The third-order valence-electron chi connectivity index (χ3n) is 5.76. The van der Waals surface area contributed by atoms with Crippen molar-refractivity contribution < 1.29 is 13.5 Å². The van der Waals surface area contributed by atoms with E-state index in [0.717, 1.165) is 22.0 Å². The van der Waals surface area contributed by atoms with E-state index in [9.17, 15) is 13.5 Å². The lowest BCUT2D eigenvalue weighted by molar-refractivity contribution is 0.0771. The molecule has 0 aliphatic carbocycles. The summed E-state index contributed by atoms with van der Waals surface area (Å²) < 4.78 is 28.6. The third-order valence-corrected chi connectivity index (χ3v) is 7.71. The van der Waals surface area contributed by atoms with Crippen LogP contribution in [0.15, 0.2) is 84.1 Å². The smallest absolute Gasteiger partial charge is 0.244 e. The first-order chi connectivity index (χ1) is 14.6. The van der Waals surface area contributed by atoms with Gasteiger partial charge in [0.25, 0.3) is 0 Å². The maximum absolute atomic E-state index is 13.6. The van der Waals surface area contributed by atoms with Crippen LogP contribution in [0.4, 0.5) is 0 Å². The van der Waals surface area contributed by atoms with Crippen LogP contribution in [0.3, 0.4) is 0 Å². The van der Waals surface area contributed by atoms with E-state index in [-0.39, 0.29) is 11.4 Å². The number of nitrogens with one attached hydrogen (secondary N) is 1. The van der Waals surface area contributed by atoms with Crippen molar-refractivity contribution in [3.63, 3.8) is 0 Å². The summed E-state index contributed by atoms with van der Waals surface area (Å²) in [5.74, 6) is 0. The molecule has 1 aliphatic rings. The molecule has 4 aromatic rings. The summed E-state index contributed by atoms with van der Waals surface area (Å²) in [6.45, 7) is 0.171.